The van der Waals surface area contributed by atoms with Crippen LogP contribution in [0.25, 0.3) is 11.4 Å². The number of amides is 1. The third-order valence-corrected chi connectivity index (χ3v) is 4.91. The van der Waals surface area contributed by atoms with Crippen molar-refractivity contribution in [2.24, 2.45) is 0 Å². The van der Waals surface area contributed by atoms with Gasteiger partial charge in [-0.3, -0.25) is 4.79 Å². The molecule has 0 aliphatic carbocycles. The van der Waals surface area contributed by atoms with Gasteiger partial charge in [-0.25, -0.2) is 14.4 Å². The molecule has 1 aliphatic rings. The van der Waals surface area contributed by atoms with Crippen LogP contribution in [0.3, 0.4) is 0 Å². The minimum atomic E-state index is -0.307. The van der Waals surface area contributed by atoms with E-state index in [1.165, 1.54) is 12.1 Å². The molecular formula is C22H20FN3O. The molecule has 4 nitrogen and oxygen atoms in total. The molecule has 1 fully saturated rings. The smallest absolute Gasteiger partial charge is 0.253 e. The van der Waals surface area contributed by atoms with Crippen LogP contribution in [0.1, 0.15) is 34.8 Å². The molecule has 0 radical (unpaired) electrons. The number of halogens is 1. The highest BCUT2D eigenvalue weighted by Gasteiger charge is 2.26. The van der Waals surface area contributed by atoms with Gasteiger partial charge in [-0.05, 0) is 43.2 Å². The molecular weight excluding hydrogens is 341 g/mol. The Bertz CT molecular complexity index is 945. The number of hydrogen-bond donors (Lipinski definition) is 0. The number of piperidine rings is 1. The van der Waals surface area contributed by atoms with Crippen LogP contribution < -0.4 is 0 Å². The van der Waals surface area contributed by atoms with E-state index in [2.05, 4.69) is 9.97 Å². The Morgan fingerprint density at radius 2 is 1.93 bits per heavy atom. The van der Waals surface area contributed by atoms with Crippen molar-refractivity contribution in [2.75, 3.05) is 13.1 Å². The van der Waals surface area contributed by atoms with E-state index in [1.807, 2.05) is 41.3 Å². The molecule has 0 N–H and O–H groups in total. The van der Waals surface area contributed by atoms with Crippen LogP contribution in [-0.4, -0.2) is 33.9 Å². The first-order valence-electron chi connectivity index (χ1n) is 9.14. The van der Waals surface area contributed by atoms with Gasteiger partial charge in [0.1, 0.15) is 5.82 Å². The van der Waals surface area contributed by atoms with E-state index in [1.54, 1.807) is 18.3 Å². The van der Waals surface area contributed by atoms with Crippen molar-refractivity contribution in [1.29, 1.82) is 0 Å². The first kappa shape index (κ1) is 17.3. The molecule has 0 bridgehead atoms. The molecule has 2 heterocycles. The number of rotatable bonds is 3. The Morgan fingerprint density at radius 1 is 1.07 bits per heavy atom. The number of hydrogen-bond acceptors (Lipinski definition) is 3. The zero-order chi connectivity index (χ0) is 18.6. The van der Waals surface area contributed by atoms with Crippen LogP contribution in [0.15, 0.2) is 66.9 Å². The quantitative estimate of drug-likeness (QED) is 0.699. The van der Waals surface area contributed by atoms with Gasteiger partial charge >= 0.3 is 0 Å². The lowest BCUT2D eigenvalue weighted by atomic mass is 9.94. The van der Waals surface area contributed by atoms with Gasteiger partial charge in [-0.15, -0.1) is 0 Å². The average Bonchev–Trinajstić information content (AvgIpc) is 2.74. The zero-order valence-electron chi connectivity index (χ0n) is 14.9. The number of aromatic nitrogens is 2. The number of nitrogens with zero attached hydrogens (tertiary/aromatic N) is 3. The van der Waals surface area contributed by atoms with Gasteiger partial charge in [0.2, 0.25) is 0 Å². The van der Waals surface area contributed by atoms with Crippen LogP contribution in [0, 0.1) is 5.82 Å². The molecule has 1 unspecified atom stereocenters. The van der Waals surface area contributed by atoms with Crippen molar-refractivity contribution in [1.82, 2.24) is 14.9 Å². The molecule has 1 saturated heterocycles. The predicted molar refractivity (Wildman–Crippen MR) is 102 cm³/mol. The monoisotopic (exact) mass is 361 g/mol. The number of likely N-dealkylation sites (tertiary alicyclic amines) is 1. The summed E-state index contributed by atoms with van der Waals surface area (Å²) in [6.07, 6.45) is 3.61. The van der Waals surface area contributed by atoms with Gasteiger partial charge in [0.25, 0.3) is 5.91 Å². The van der Waals surface area contributed by atoms with Crippen molar-refractivity contribution < 1.29 is 9.18 Å². The van der Waals surface area contributed by atoms with Crippen molar-refractivity contribution >= 4 is 5.91 Å². The summed E-state index contributed by atoms with van der Waals surface area (Å²) in [6, 6.07) is 17.5. The molecule has 1 amide bonds. The van der Waals surface area contributed by atoms with Gasteiger partial charge < -0.3 is 4.90 Å². The second-order valence-electron chi connectivity index (χ2n) is 6.77. The Kier molecular flexibility index (Phi) is 4.92. The molecule has 4 rings (SSSR count). The van der Waals surface area contributed by atoms with Crippen LogP contribution in [0.5, 0.6) is 0 Å². The fourth-order valence-electron chi connectivity index (χ4n) is 3.53. The van der Waals surface area contributed by atoms with E-state index >= 15 is 0 Å². The Hall–Kier alpha value is -3.08. The fourth-order valence-corrected chi connectivity index (χ4v) is 3.53. The molecule has 1 aliphatic heterocycles. The molecule has 0 spiro atoms. The highest BCUT2D eigenvalue weighted by molar-refractivity contribution is 5.94. The SMILES string of the molecule is O=C(c1ccccc1)N1CCCC(c2ccnc(-c3cccc(F)c3)n2)C1. The van der Waals surface area contributed by atoms with Crippen LogP contribution in [0.2, 0.25) is 0 Å². The van der Waals surface area contributed by atoms with E-state index in [4.69, 9.17) is 0 Å². The first-order chi connectivity index (χ1) is 13.2. The van der Waals surface area contributed by atoms with Gasteiger partial charge in [0, 0.05) is 42.0 Å². The Labute approximate surface area is 157 Å². The van der Waals surface area contributed by atoms with Crippen molar-refractivity contribution in [3.63, 3.8) is 0 Å². The third-order valence-electron chi connectivity index (χ3n) is 4.91. The maximum Gasteiger partial charge on any atom is 0.253 e. The molecule has 1 aromatic heterocycles. The van der Waals surface area contributed by atoms with E-state index in [-0.39, 0.29) is 17.6 Å². The summed E-state index contributed by atoms with van der Waals surface area (Å²) in [6.45, 7) is 1.39. The maximum absolute atomic E-state index is 13.5. The highest BCUT2D eigenvalue weighted by Crippen LogP contribution is 2.28. The van der Waals surface area contributed by atoms with Gasteiger partial charge in [0.15, 0.2) is 5.82 Å². The van der Waals surface area contributed by atoms with E-state index in [0.29, 0.717) is 23.5 Å². The highest BCUT2D eigenvalue weighted by atomic mass is 19.1. The van der Waals surface area contributed by atoms with Gasteiger partial charge in [-0.1, -0.05) is 30.3 Å². The Morgan fingerprint density at radius 3 is 2.74 bits per heavy atom. The number of benzene rings is 2. The zero-order valence-corrected chi connectivity index (χ0v) is 14.9. The first-order valence-corrected chi connectivity index (χ1v) is 9.14. The summed E-state index contributed by atoms with van der Waals surface area (Å²) in [4.78, 5) is 23.6. The van der Waals surface area contributed by atoms with Crippen LogP contribution in [0.4, 0.5) is 4.39 Å². The standard InChI is InChI=1S/C22H20FN3O/c23-19-10-4-8-17(14-19)21-24-12-11-20(25-21)18-9-5-13-26(15-18)22(27)16-6-2-1-3-7-16/h1-4,6-8,10-12,14,18H,5,9,13,15H2. The summed E-state index contributed by atoms with van der Waals surface area (Å²) in [5.74, 6) is 0.416. The van der Waals surface area contributed by atoms with Gasteiger partial charge in [-0.2, -0.15) is 0 Å². The predicted octanol–water partition coefficient (Wildman–Crippen LogP) is 4.30. The largest absolute Gasteiger partial charge is 0.338 e. The normalized spacial score (nSPS) is 16.9. The maximum atomic E-state index is 13.5. The van der Waals surface area contributed by atoms with E-state index < -0.39 is 0 Å². The number of carbonyl (C=O) groups is 1. The molecule has 3 aromatic rings. The summed E-state index contributed by atoms with van der Waals surface area (Å²) in [5.41, 5.74) is 2.26. The number of carbonyl (C=O) groups excluding carboxylic acids is 1. The lowest BCUT2D eigenvalue weighted by molar-refractivity contribution is 0.0706. The lowest BCUT2D eigenvalue weighted by Gasteiger charge is -2.32. The van der Waals surface area contributed by atoms with Crippen LogP contribution in [-0.2, 0) is 0 Å². The minimum Gasteiger partial charge on any atom is -0.338 e. The topological polar surface area (TPSA) is 46.1 Å². The molecule has 5 heteroatoms. The van der Waals surface area contributed by atoms with Crippen LogP contribution >= 0.6 is 0 Å². The second kappa shape index (κ2) is 7.66. The Balaban J connectivity index is 1.55. The van der Waals surface area contributed by atoms with E-state index in [9.17, 15) is 9.18 Å². The van der Waals surface area contributed by atoms with E-state index in [0.717, 1.165) is 25.1 Å². The summed E-state index contributed by atoms with van der Waals surface area (Å²) in [5, 5.41) is 0. The lowest BCUT2D eigenvalue weighted by Crippen LogP contribution is -2.39. The fraction of sp³-hybridized carbons (Fsp3) is 0.227. The van der Waals surface area contributed by atoms with Crippen molar-refractivity contribution in [3.05, 3.63) is 83.9 Å². The molecule has 0 saturated carbocycles. The third kappa shape index (κ3) is 3.87. The molecule has 27 heavy (non-hydrogen) atoms. The molecule has 136 valence electrons. The summed E-state index contributed by atoms with van der Waals surface area (Å²) >= 11 is 0. The molecule has 1 atom stereocenters. The van der Waals surface area contributed by atoms with Crippen molar-refractivity contribution in [3.8, 4) is 11.4 Å². The van der Waals surface area contributed by atoms with Gasteiger partial charge in [0.05, 0.1) is 0 Å². The summed E-state index contributed by atoms with van der Waals surface area (Å²) < 4.78 is 13.5. The second-order valence-corrected chi connectivity index (χ2v) is 6.77. The minimum absolute atomic E-state index is 0.0553. The average molecular weight is 361 g/mol. The summed E-state index contributed by atoms with van der Waals surface area (Å²) in [7, 11) is 0. The van der Waals surface area contributed by atoms with Crippen molar-refractivity contribution in [2.45, 2.75) is 18.8 Å². The molecule has 2 aromatic carbocycles.